The SMILES string of the molecule is Oc1cccc(F)c1-c1ncc(F)c2ccccc12. The Kier molecular flexibility index (Phi) is 2.63. The highest BCUT2D eigenvalue weighted by molar-refractivity contribution is 5.96. The summed E-state index contributed by atoms with van der Waals surface area (Å²) >= 11 is 0. The molecule has 0 spiro atoms. The fourth-order valence-electron chi connectivity index (χ4n) is 2.10. The molecule has 0 saturated carbocycles. The number of pyridine rings is 1. The molecule has 0 aliphatic rings. The first kappa shape index (κ1) is 11.6. The van der Waals surface area contributed by atoms with E-state index in [0.29, 0.717) is 10.8 Å². The number of aromatic nitrogens is 1. The maximum absolute atomic E-state index is 13.9. The van der Waals surface area contributed by atoms with Gasteiger partial charge in [-0.25, -0.2) is 8.78 Å². The topological polar surface area (TPSA) is 33.1 Å². The van der Waals surface area contributed by atoms with Gasteiger partial charge in [0.15, 0.2) is 0 Å². The smallest absolute Gasteiger partial charge is 0.149 e. The Hall–Kier alpha value is -2.49. The third-order valence-corrected chi connectivity index (χ3v) is 2.97. The molecule has 0 aliphatic heterocycles. The maximum atomic E-state index is 13.9. The zero-order valence-electron chi connectivity index (χ0n) is 9.77. The van der Waals surface area contributed by atoms with Gasteiger partial charge >= 0.3 is 0 Å². The molecule has 3 aromatic rings. The van der Waals surface area contributed by atoms with Crippen molar-refractivity contribution >= 4 is 10.8 Å². The van der Waals surface area contributed by atoms with Crippen molar-refractivity contribution in [2.75, 3.05) is 0 Å². The van der Waals surface area contributed by atoms with Crippen LogP contribution in [-0.4, -0.2) is 10.1 Å². The van der Waals surface area contributed by atoms with Crippen LogP contribution in [0.5, 0.6) is 5.75 Å². The molecule has 1 heterocycles. The van der Waals surface area contributed by atoms with Gasteiger partial charge in [-0.15, -0.1) is 0 Å². The third kappa shape index (κ3) is 1.81. The van der Waals surface area contributed by atoms with Crippen molar-refractivity contribution in [3.8, 4) is 17.0 Å². The molecule has 0 saturated heterocycles. The molecule has 2 nitrogen and oxygen atoms in total. The molecule has 0 amide bonds. The van der Waals surface area contributed by atoms with Crippen molar-refractivity contribution in [2.45, 2.75) is 0 Å². The van der Waals surface area contributed by atoms with E-state index in [9.17, 15) is 13.9 Å². The Morgan fingerprint density at radius 3 is 2.32 bits per heavy atom. The number of phenolic OH excluding ortho intramolecular Hbond substituents is 1. The van der Waals surface area contributed by atoms with Gasteiger partial charge in [-0.2, -0.15) is 0 Å². The van der Waals surface area contributed by atoms with Crippen molar-refractivity contribution in [3.63, 3.8) is 0 Å². The highest BCUT2D eigenvalue weighted by Gasteiger charge is 2.15. The molecular formula is C15H9F2NO. The molecule has 3 rings (SSSR count). The second kappa shape index (κ2) is 4.31. The van der Waals surface area contributed by atoms with Crippen LogP contribution < -0.4 is 0 Å². The van der Waals surface area contributed by atoms with Crippen molar-refractivity contribution in [1.29, 1.82) is 0 Å². The molecule has 0 atom stereocenters. The van der Waals surface area contributed by atoms with E-state index in [4.69, 9.17) is 0 Å². The van der Waals surface area contributed by atoms with E-state index in [0.717, 1.165) is 6.20 Å². The first-order chi connectivity index (χ1) is 9.18. The lowest BCUT2D eigenvalue weighted by Crippen LogP contribution is -1.92. The maximum Gasteiger partial charge on any atom is 0.149 e. The summed E-state index contributed by atoms with van der Waals surface area (Å²) in [6, 6.07) is 10.6. The van der Waals surface area contributed by atoms with Gasteiger partial charge in [0, 0.05) is 10.8 Å². The van der Waals surface area contributed by atoms with Crippen molar-refractivity contribution < 1.29 is 13.9 Å². The molecule has 19 heavy (non-hydrogen) atoms. The minimum atomic E-state index is -0.593. The Balaban J connectivity index is 2.41. The van der Waals surface area contributed by atoms with Gasteiger partial charge in [0.2, 0.25) is 0 Å². The molecule has 1 aromatic heterocycles. The van der Waals surface area contributed by atoms with Crippen LogP contribution in [0.3, 0.4) is 0 Å². The molecule has 0 fully saturated rings. The van der Waals surface area contributed by atoms with Gasteiger partial charge in [-0.1, -0.05) is 30.3 Å². The van der Waals surface area contributed by atoms with Gasteiger partial charge < -0.3 is 5.11 Å². The first-order valence-electron chi connectivity index (χ1n) is 5.69. The van der Waals surface area contributed by atoms with E-state index >= 15 is 0 Å². The second-order valence-electron chi connectivity index (χ2n) is 4.13. The number of hydrogen-bond donors (Lipinski definition) is 1. The van der Waals surface area contributed by atoms with E-state index in [1.807, 2.05) is 0 Å². The predicted octanol–water partition coefficient (Wildman–Crippen LogP) is 3.89. The molecule has 2 aromatic carbocycles. The number of hydrogen-bond acceptors (Lipinski definition) is 2. The summed E-state index contributed by atoms with van der Waals surface area (Å²) in [5, 5.41) is 10.6. The van der Waals surface area contributed by atoms with Gasteiger partial charge in [0.25, 0.3) is 0 Å². The third-order valence-electron chi connectivity index (χ3n) is 2.97. The quantitative estimate of drug-likeness (QED) is 0.717. The average Bonchev–Trinajstić information content (AvgIpc) is 2.41. The van der Waals surface area contributed by atoms with Crippen molar-refractivity contribution in [1.82, 2.24) is 4.98 Å². The summed E-state index contributed by atoms with van der Waals surface area (Å²) < 4.78 is 27.5. The second-order valence-corrected chi connectivity index (χ2v) is 4.13. The number of aromatic hydroxyl groups is 1. The lowest BCUT2D eigenvalue weighted by Gasteiger charge is -2.09. The summed E-state index contributed by atoms with van der Waals surface area (Å²) in [5.74, 6) is -1.29. The molecule has 0 radical (unpaired) electrons. The zero-order valence-corrected chi connectivity index (χ0v) is 9.77. The summed E-state index contributed by atoms with van der Waals surface area (Å²) in [5.41, 5.74) is 0.214. The number of phenols is 1. The molecular weight excluding hydrogens is 248 g/mol. The normalized spacial score (nSPS) is 10.8. The van der Waals surface area contributed by atoms with Crippen LogP contribution in [0.1, 0.15) is 0 Å². The largest absolute Gasteiger partial charge is 0.507 e. The van der Waals surface area contributed by atoms with Crippen LogP contribution in [0.4, 0.5) is 8.78 Å². The van der Waals surface area contributed by atoms with Crippen molar-refractivity contribution in [2.24, 2.45) is 0 Å². The number of benzene rings is 2. The number of halogens is 2. The van der Waals surface area contributed by atoms with E-state index in [1.165, 1.54) is 18.2 Å². The number of nitrogens with zero attached hydrogens (tertiary/aromatic N) is 1. The minimum absolute atomic E-state index is 0.0151. The monoisotopic (exact) mass is 257 g/mol. The van der Waals surface area contributed by atoms with Crippen molar-refractivity contribution in [3.05, 3.63) is 60.3 Å². The van der Waals surface area contributed by atoms with Crippen LogP contribution in [0.15, 0.2) is 48.7 Å². The summed E-state index contributed by atoms with van der Waals surface area (Å²) in [6.07, 6.45) is 1.03. The number of rotatable bonds is 1. The first-order valence-corrected chi connectivity index (χ1v) is 5.69. The van der Waals surface area contributed by atoms with Crippen LogP contribution in [0.2, 0.25) is 0 Å². The fourth-order valence-corrected chi connectivity index (χ4v) is 2.10. The molecule has 0 unspecified atom stereocenters. The predicted molar refractivity (Wildman–Crippen MR) is 68.8 cm³/mol. The summed E-state index contributed by atoms with van der Waals surface area (Å²) in [4.78, 5) is 3.92. The highest BCUT2D eigenvalue weighted by atomic mass is 19.1. The van der Waals surface area contributed by atoms with Crippen LogP contribution >= 0.6 is 0 Å². The van der Waals surface area contributed by atoms with Crippen LogP contribution in [0.25, 0.3) is 22.0 Å². The Labute approximate surface area is 108 Å². The lowest BCUT2D eigenvalue weighted by atomic mass is 10.0. The standard InChI is InChI=1S/C15H9F2NO/c16-11-6-3-7-13(19)14(11)15-10-5-2-1-4-9(10)12(17)8-18-15/h1-8,19H. The van der Waals surface area contributed by atoms with Gasteiger partial charge in [0.1, 0.15) is 17.4 Å². The fraction of sp³-hybridized carbons (Fsp3) is 0. The summed E-state index contributed by atoms with van der Waals surface area (Å²) in [7, 11) is 0. The van der Waals surface area contributed by atoms with Crippen LogP contribution in [0, 0.1) is 11.6 Å². The molecule has 0 bridgehead atoms. The highest BCUT2D eigenvalue weighted by Crippen LogP contribution is 2.35. The lowest BCUT2D eigenvalue weighted by molar-refractivity contribution is 0.471. The van der Waals surface area contributed by atoms with Crippen LogP contribution in [-0.2, 0) is 0 Å². The Morgan fingerprint density at radius 2 is 1.58 bits per heavy atom. The molecule has 4 heteroatoms. The average molecular weight is 257 g/mol. The van der Waals surface area contributed by atoms with Gasteiger partial charge in [-0.05, 0) is 12.1 Å². The molecule has 1 N–H and O–H groups in total. The Bertz CT molecular complexity index is 751. The minimum Gasteiger partial charge on any atom is -0.507 e. The number of fused-ring (bicyclic) bond motifs is 1. The van der Waals surface area contributed by atoms with Gasteiger partial charge in [-0.3, -0.25) is 4.98 Å². The molecule has 94 valence electrons. The van der Waals surface area contributed by atoms with Gasteiger partial charge in [0.05, 0.1) is 17.5 Å². The summed E-state index contributed by atoms with van der Waals surface area (Å²) in [6.45, 7) is 0. The van der Waals surface area contributed by atoms with E-state index < -0.39 is 11.6 Å². The Morgan fingerprint density at radius 1 is 0.842 bits per heavy atom. The van der Waals surface area contributed by atoms with E-state index in [1.54, 1.807) is 24.3 Å². The van der Waals surface area contributed by atoms with E-state index in [-0.39, 0.29) is 17.0 Å². The molecule has 0 aliphatic carbocycles. The zero-order chi connectivity index (χ0) is 13.4. The van der Waals surface area contributed by atoms with E-state index in [2.05, 4.69) is 4.98 Å².